The Bertz CT molecular complexity index is 901. The third-order valence-electron chi connectivity index (χ3n) is 3.59. The topological polar surface area (TPSA) is 82.9 Å². The van der Waals surface area contributed by atoms with Gasteiger partial charge in [0.1, 0.15) is 0 Å². The standard InChI is InChI=1S/C18H17N3O3S2/c1-3-8-21-15(22)14(9-12-4-6-13(7-5-12)16(23)24)26-18(21)20-17-19-11(2)10-25-17/h4-7,9-10H,3,8H2,1-2H3,(H,23,24)/b14-9+,20-18+. The Hall–Kier alpha value is -2.45. The molecule has 1 aliphatic heterocycles. The molecule has 26 heavy (non-hydrogen) atoms. The van der Waals surface area contributed by atoms with E-state index in [0.717, 1.165) is 17.7 Å². The number of aromatic carboxylic acids is 1. The van der Waals surface area contributed by atoms with Crippen molar-refractivity contribution in [2.75, 3.05) is 6.54 Å². The molecule has 1 fully saturated rings. The lowest BCUT2D eigenvalue weighted by Crippen LogP contribution is -2.29. The van der Waals surface area contributed by atoms with Gasteiger partial charge in [-0.15, -0.1) is 11.3 Å². The summed E-state index contributed by atoms with van der Waals surface area (Å²) in [4.78, 5) is 34.8. The van der Waals surface area contributed by atoms with Gasteiger partial charge in [0.05, 0.1) is 16.2 Å². The first-order chi connectivity index (χ1) is 12.5. The number of hydrogen-bond acceptors (Lipinski definition) is 6. The summed E-state index contributed by atoms with van der Waals surface area (Å²) in [7, 11) is 0. The highest BCUT2D eigenvalue weighted by Crippen LogP contribution is 2.34. The number of carboxylic acid groups (broad SMARTS) is 1. The number of aryl methyl sites for hydroxylation is 1. The van der Waals surface area contributed by atoms with Crippen LogP contribution < -0.4 is 0 Å². The van der Waals surface area contributed by atoms with Crippen molar-refractivity contribution in [3.05, 3.63) is 51.4 Å². The Labute approximate surface area is 159 Å². The summed E-state index contributed by atoms with van der Waals surface area (Å²) >= 11 is 2.76. The van der Waals surface area contributed by atoms with Gasteiger partial charge in [0.2, 0.25) is 5.13 Å². The van der Waals surface area contributed by atoms with Crippen LogP contribution in [0.4, 0.5) is 5.13 Å². The quantitative estimate of drug-likeness (QED) is 0.779. The molecule has 134 valence electrons. The van der Waals surface area contributed by atoms with Crippen LogP contribution in [0.15, 0.2) is 39.5 Å². The molecule has 1 aromatic carbocycles. The Balaban J connectivity index is 1.89. The van der Waals surface area contributed by atoms with Crippen LogP contribution in [-0.4, -0.2) is 38.6 Å². The number of amides is 1. The van der Waals surface area contributed by atoms with E-state index < -0.39 is 5.97 Å². The van der Waals surface area contributed by atoms with Crippen LogP contribution in [0.25, 0.3) is 6.08 Å². The van der Waals surface area contributed by atoms with Crippen LogP contribution in [-0.2, 0) is 4.79 Å². The number of thioether (sulfide) groups is 1. The fourth-order valence-corrected chi connectivity index (χ4v) is 4.09. The maximum absolute atomic E-state index is 12.7. The zero-order chi connectivity index (χ0) is 18.7. The van der Waals surface area contributed by atoms with E-state index in [1.54, 1.807) is 23.1 Å². The van der Waals surface area contributed by atoms with Gasteiger partial charge in [-0.1, -0.05) is 19.1 Å². The molecule has 1 aromatic heterocycles. The largest absolute Gasteiger partial charge is 0.478 e. The number of carbonyl (C=O) groups excluding carboxylic acids is 1. The monoisotopic (exact) mass is 387 g/mol. The van der Waals surface area contributed by atoms with Crippen LogP contribution in [0.1, 0.15) is 35.0 Å². The average molecular weight is 387 g/mol. The van der Waals surface area contributed by atoms with Crippen molar-refractivity contribution in [2.45, 2.75) is 20.3 Å². The zero-order valence-corrected chi connectivity index (χ0v) is 15.9. The van der Waals surface area contributed by atoms with E-state index in [-0.39, 0.29) is 11.5 Å². The third kappa shape index (κ3) is 4.03. The lowest BCUT2D eigenvalue weighted by atomic mass is 10.1. The Kier molecular flexibility index (Phi) is 5.53. The lowest BCUT2D eigenvalue weighted by molar-refractivity contribution is -0.122. The van der Waals surface area contributed by atoms with Crippen LogP contribution in [0.3, 0.4) is 0 Å². The van der Waals surface area contributed by atoms with Gasteiger partial charge >= 0.3 is 5.97 Å². The van der Waals surface area contributed by atoms with Crippen LogP contribution in [0.2, 0.25) is 0 Å². The van der Waals surface area contributed by atoms with Gasteiger partial charge in [0.25, 0.3) is 5.91 Å². The van der Waals surface area contributed by atoms with Gasteiger partial charge in [-0.3, -0.25) is 9.69 Å². The number of thiazole rings is 1. The number of benzene rings is 1. The van der Waals surface area contributed by atoms with E-state index in [0.29, 0.717) is 21.7 Å². The van der Waals surface area contributed by atoms with E-state index in [1.165, 1.54) is 35.2 Å². The number of hydrogen-bond donors (Lipinski definition) is 1. The fourth-order valence-electron chi connectivity index (χ4n) is 2.36. The minimum Gasteiger partial charge on any atom is -0.478 e. The predicted octanol–water partition coefficient (Wildman–Crippen LogP) is 4.16. The molecule has 0 unspecified atom stereocenters. The van der Waals surface area contributed by atoms with Gasteiger partial charge in [-0.2, -0.15) is 4.99 Å². The van der Waals surface area contributed by atoms with Crippen molar-refractivity contribution >= 4 is 51.4 Å². The number of nitrogens with zero attached hydrogens (tertiary/aromatic N) is 3. The van der Waals surface area contributed by atoms with Gasteiger partial charge in [-0.25, -0.2) is 9.78 Å². The highest BCUT2D eigenvalue weighted by atomic mass is 32.2. The summed E-state index contributed by atoms with van der Waals surface area (Å²) in [6.07, 6.45) is 2.58. The zero-order valence-electron chi connectivity index (χ0n) is 14.3. The molecule has 1 saturated heterocycles. The highest BCUT2D eigenvalue weighted by molar-refractivity contribution is 8.18. The molecule has 0 saturated carbocycles. The van der Waals surface area contributed by atoms with Crippen LogP contribution in [0.5, 0.6) is 0 Å². The summed E-state index contributed by atoms with van der Waals surface area (Å²) in [6.45, 7) is 4.50. The molecule has 0 aliphatic carbocycles. The van der Waals surface area contributed by atoms with Crippen molar-refractivity contribution in [2.24, 2.45) is 4.99 Å². The van der Waals surface area contributed by atoms with E-state index in [1.807, 2.05) is 19.2 Å². The van der Waals surface area contributed by atoms with Gasteiger partial charge in [-0.05, 0) is 48.9 Å². The molecule has 2 heterocycles. The summed E-state index contributed by atoms with van der Waals surface area (Å²) in [5.74, 6) is -1.07. The smallest absolute Gasteiger partial charge is 0.335 e. The molecule has 2 aromatic rings. The molecule has 6 nitrogen and oxygen atoms in total. The average Bonchev–Trinajstić information content (AvgIpc) is 3.14. The minimum absolute atomic E-state index is 0.0915. The summed E-state index contributed by atoms with van der Waals surface area (Å²) in [5, 5.41) is 12.1. The summed E-state index contributed by atoms with van der Waals surface area (Å²) < 4.78 is 0. The lowest BCUT2D eigenvalue weighted by Gasteiger charge is -2.13. The number of carbonyl (C=O) groups is 2. The second-order valence-corrected chi connectivity index (χ2v) is 7.51. The van der Waals surface area contributed by atoms with Crippen molar-refractivity contribution in [3.63, 3.8) is 0 Å². The first-order valence-corrected chi connectivity index (χ1v) is 9.73. The van der Waals surface area contributed by atoms with Crippen molar-refractivity contribution in [3.8, 4) is 0 Å². The normalized spacial score (nSPS) is 17.5. The SMILES string of the molecule is CCCN1C(=O)/C(=C\c2ccc(C(=O)O)cc2)S/C1=N/c1nc(C)cs1. The maximum atomic E-state index is 12.7. The van der Waals surface area contributed by atoms with E-state index in [9.17, 15) is 9.59 Å². The molecule has 8 heteroatoms. The van der Waals surface area contributed by atoms with Crippen molar-refractivity contribution < 1.29 is 14.7 Å². The first-order valence-electron chi connectivity index (χ1n) is 8.03. The molecule has 0 bridgehead atoms. The number of rotatable bonds is 5. The predicted molar refractivity (Wildman–Crippen MR) is 105 cm³/mol. The summed E-state index contributed by atoms with van der Waals surface area (Å²) in [5.41, 5.74) is 1.89. The molecule has 1 amide bonds. The Morgan fingerprint density at radius 3 is 2.65 bits per heavy atom. The second-order valence-electron chi connectivity index (χ2n) is 5.66. The Morgan fingerprint density at radius 2 is 2.08 bits per heavy atom. The molecule has 0 radical (unpaired) electrons. The Morgan fingerprint density at radius 1 is 1.35 bits per heavy atom. The summed E-state index contributed by atoms with van der Waals surface area (Å²) in [6, 6.07) is 6.42. The number of aliphatic imine (C=N–C) groups is 1. The minimum atomic E-state index is -0.974. The third-order valence-corrected chi connectivity index (χ3v) is 5.45. The second kappa shape index (κ2) is 7.84. The van der Waals surface area contributed by atoms with E-state index in [2.05, 4.69) is 9.98 Å². The molecule has 3 rings (SSSR count). The molecular formula is C18H17N3O3S2. The maximum Gasteiger partial charge on any atom is 0.335 e. The number of amidine groups is 1. The molecule has 0 spiro atoms. The first kappa shape index (κ1) is 18.3. The fraction of sp³-hybridized carbons (Fsp3) is 0.222. The van der Waals surface area contributed by atoms with Crippen molar-refractivity contribution in [1.82, 2.24) is 9.88 Å². The number of aromatic nitrogens is 1. The van der Waals surface area contributed by atoms with Gasteiger partial charge < -0.3 is 5.11 Å². The van der Waals surface area contributed by atoms with Gasteiger partial charge in [0.15, 0.2) is 5.17 Å². The highest BCUT2D eigenvalue weighted by Gasteiger charge is 2.33. The van der Waals surface area contributed by atoms with Crippen LogP contribution in [0, 0.1) is 6.92 Å². The van der Waals surface area contributed by atoms with E-state index in [4.69, 9.17) is 5.11 Å². The molecular weight excluding hydrogens is 370 g/mol. The van der Waals surface area contributed by atoms with Gasteiger partial charge in [0, 0.05) is 11.9 Å². The number of carboxylic acids is 1. The van der Waals surface area contributed by atoms with Crippen LogP contribution >= 0.6 is 23.1 Å². The van der Waals surface area contributed by atoms with E-state index >= 15 is 0 Å². The molecule has 1 aliphatic rings. The molecule has 1 N–H and O–H groups in total. The van der Waals surface area contributed by atoms with Crippen molar-refractivity contribution in [1.29, 1.82) is 0 Å². The molecule has 0 atom stereocenters.